The third-order valence-corrected chi connectivity index (χ3v) is 2.67. The van der Waals surface area contributed by atoms with Crippen molar-refractivity contribution in [2.24, 2.45) is 17.6 Å². The molecular weight excluding hydrogens is 178 g/mol. The fourth-order valence-electron chi connectivity index (χ4n) is 2.01. The lowest BCUT2D eigenvalue weighted by Crippen LogP contribution is -2.32. The maximum absolute atomic E-state index is 11.8. The molecule has 0 aromatic carbocycles. The molecule has 0 aliphatic heterocycles. The molecule has 0 heterocycles. The number of esters is 1. The minimum Gasteiger partial charge on any atom is -0.460 e. The molecule has 2 N–H and O–H groups in total. The molecule has 0 saturated heterocycles. The smallest absolute Gasteiger partial charge is 0.309 e. The SMILES string of the molecule is CC(C)(C)OC(=O)[C@@H]1CCC[C@@H]1CN. The Bertz CT molecular complexity index is 208. The lowest BCUT2D eigenvalue weighted by atomic mass is 9.96. The molecule has 1 aliphatic rings. The number of rotatable bonds is 2. The highest BCUT2D eigenvalue weighted by atomic mass is 16.6. The third kappa shape index (κ3) is 2.98. The van der Waals surface area contributed by atoms with Gasteiger partial charge in [0.1, 0.15) is 5.60 Å². The number of hydrogen-bond acceptors (Lipinski definition) is 3. The summed E-state index contributed by atoms with van der Waals surface area (Å²) in [6, 6.07) is 0. The molecule has 0 unspecified atom stereocenters. The van der Waals surface area contributed by atoms with E-state index in [1.807, 2.05) is 20.8 Å². The van der Waals surface area contributed by atoms with Gasteiger partial charge in [0.2, 0.25) is 0 Å². The van der Waals surface area contributed by atoms with E-state index in [-0.39, 0.29) is 17.5 Å². The van der Waals surface area contributed by atoms with Gasteiger partial charge in [0, 0.05) is 0 Å². The van der Waals surface area contributed by atoms with Crippen LogP contribution in [0.4, 0.5) is 0 Å². The predicted molar refractivity (Wildman–Crippen MR) is 55.7 cm³/mol. The molecule has 14 heavy (non-hydrogen) atoms. The minimum atomic E-state index is -0.376. The zero-order valence-corrected chi connectivity index (χ0v) is 9.38. The molecule has 0 bridgehead atoms. The van der Waals surface area contributed by atoms with Crippen LogP contribution >= 0.6 is 0 Å². The Morgan fingerprint density at radius 1 is 1.43 bits per heavy atom. The molecule has 1 fully saturated rings. The summed E-state index contributed by atoms with van der Waals surface area (Å²) in [7, 11) is 0. The second kappa shape index (κ2) is 4.30. The van der Waals surface area contributed by atoms with Crippen molar-refractivity contribution < 1.29 is 9.53 Å². The minimum absolute atomic E-state index is 0.0409. The van der Waals surface area contributed by atoms with E-state index >= 15 is 0 Å². The van der Waals surface area contributed by atoms with Gasteiger partial charge in [-0.1, -0.05) is 6.42 Å². The molecule has 0 amide bonds. The van der Waals surface area contributed by atoms with Crippen molar-refractivity contribution in [2.75, 3.05) is 6.54 Å². The molecule has 0 radical (unpaired) electrons. The Hall–Kier alpha value is -0.570. The van der Waals surface area contributed by atoms with Crippen LogP contribution in [-0.2, 0) is 9.53 Å². The lowest BCUT2D eigenvalue weighted by molar-refractivity contribution is -0.161. The summed E-state index contributed by atoms with van der Waals surface area (Å²) in [6.07, 6.45) is 3.11. The van der Waals surface area contributed by atoms with Crippen molar-refractivity contribution in [2.45, 2.75) is 45.6 Å². The third-order valence-electron chi connectivity index (χ3n) is 2.67. The number of nitrogens with two attached hydrogens (primary N) is 1. The number of carbonyl (C=O) groups excluding carboxylic acids is 1. The first-order chi connectivity index (χ1) is 6.44. The van der Waals surface area contributed by atoms with Crippen molar-refractivity contribution in [1.82, 2.24) is 0 Å². The van der Waals surface area contributed by atoms with Crippen LogP contribution in [0.25, 0.3) is 0 Å². The second-order valence-electron chi connectivity index (χ2n) is 5.07. The highest BCUT2D eigenvalue weighted by molar-refractivity contribution is 5.73. The topological polar surface area (TPSA) is 52.3 Å². The van der Waals surface area contributed by atoms with Gasteiger partial charge in [0.15, 0.2) is 0 Å². The van der Waals surface area contributed by atoms with E-state index in [1.165, 1.54) is 0 Å². The van der Waals surface area contributed by atoms with E-state index in [0.29, 0.717) is 12.5 Å². The zero-order valence-electron chi connectivity index (χ0n) is 9.38. The summed E-state index contributed by atoms with van der Waals surface area (Å²) >= 11 is 0. The summed E-state index contributed by atoms with van der Waals surface area (Å²) in [6.45, 7) is 6.30. The molecule has 2 atom stereocenters. The van der Waals surface area contributed by atoms with Crippen molar-refractivity contribution in [1.29, 1.82) is 0 Å². The fourth-order valence-corrected chi connectivity index (χ4v) is 2.01. The molecule has 3 heteroatoms. The molecular formula is C11H21NO2. The van der Waals surface area contributed by atoms with Gasteiger partial charge < -0.3 is 10.5 Å². The van der Waals surface area contributed by atoms with Crippen molar-refractivity contribution >= 4 is 5.97 Å². The Balaban J connectivity index is 2.52. The van der Waals surface area contributed by atoms with Gasteiger partial charge in [-0.05, 0) is 46.1 Å². The van der Waals surface area contributed by atoms with E-state index in [4.69, 9.17) is 10.5 Å². The second-order valence-corrected chi connectivity index (χ2v) is 5.07. The summed E-state index contributed by atoms with van der Waals surface area (Å²) in [5.74, 6) is 0.314. The van der Waals surface area contributed by atoms with Crippen molar-refractivity contribution in [3.8, 4) is 0 Å². The summed E-state index contributed by atoms with van der Waals surface area (Å²) in [4.78, 5) is 11.8. The molecule has 3 nitrogen and oxygen atoms in total. The van der Waals surface area contributed by atoms with Crippen LogP contribution in [0.1, 0.15) is 40.0 Å². The Labute approximate surface area is 86.0 Å². The molecule has 82 valence electrons. The summed E-state index contributed by atoms with van der Waals surface area (Å²) in [5, 5.41) is 0. The first-order valence-electron chi connectivity index (χ1n) is 5.37. The molecule has 1 aliphatic carbocycles. The Kier molecular flexibility index (Phi) is 3.53. The highest BCUT2D eigenvalue weighted by Gasteiger charge is 2.34. The van der Waals surface area contributed by atoms with Gasteiger partial charge in [0.05, 0.1) is 5.92 Å². The van der Waals surface area contributed by atoms with Crippen LogP contribution in [0.15, 0.2) is 0 Å². The van der Waals surface area contributed by atoms with Gasteiger partial charge in [-0.15, -0.1) is 0 Å². The van der Waals surface area contributed by atoms with Crippen LogP contribution < -0.4 is 5.73 Å². The summed E-state index contributed by atoms with van der Waals surface area (Å²) in [5.41, 5.74) is 5.24. The van der Waals surface area contributed by atoms with Gasteiger partial charge in [0.25, 0.3) is 0 Å². The van der Waals surface area contributed by atoms with Gasteiger partial charge in [-0.25, -0.2) is 0 Å². The first-order valence-corrected chi connectivity index (χ1v) is 5.37. The number of ether oxygens (including phenoxy) is 1. The molecule has 0 spiro atoms. The lowest BCUT2D eigenvalue weighted by Gasteiger charge is -2.24. The van der Waals surface area contributed by atoms with Crippen LogP contribution in [0, 0.1) is 11.8 Å². The Morgan fingerprint density at radius 3 is 2.57 bits per heavy atom. The van der Waals surface area contributed by atoms with Gasteiger partial charge in [-0.2, -0.15) is 0 Å². The number of carbonyl (C=O) groups is 1. The van der Waals surface area contributed by atoms with E-state index in [2.05, 4.69) is 0 Å². The largest absolute Gasteiger partial charge is 0.460 e. The van der Waals surface area contributed by atoms with E-state index in [1.54, 1.807) is 0 Å². The van der Waals surface area contributed by atoms with E-state index in [0.717, 1.165) is 19.3 Å². The van der Waals surface area contributed by atoms with Crippen LogP contribution in [-0.4, -0.2) is 18.1 Å². The fraction of sp³-hybridized carbons (Fsp3) is 0.909. The maximum Gasteiger partial charge on any atom is 0.309 e. The highest BCUT2D eigenvalue weighted by Crippen LogP contribution is 2.32. The van der Waals surface area contributed by atoms with Gasteiger partial charge in [-0.3, -0.25) is 4.79 Å². The Morgan fingerprint density at radius 2 is 2.07 bits per heavy atom. The first kappa shape index (κ1) is 11.5. The normalized spacial score (nSPS) is 27.7. The average Bonchev–Trinajstić information content (AvgIpc) is 2.47. The van der Waals surface area contributed by atoms with Crippen LogP contribution in [0.3, 0.4) is 0 Å². The molecule has 1 rings (SSSR count). The van der Waals surface area contributed by atoms with Crippen molar-refractivity contribution in [3.05, 3.63) is 0 Å². The molecule has 0 aromatic heterocycles. The number of hydrogen-bond donors (Lipinski definition) is 1. The van der Waals surface area contributed by atoms with Crippen LogP contribution in [0.5, 0.6) is 0 Å². The van der Waals surface area contributed by atoms with Crippen molar-refractivity contribution in [3.63, 3.8) is 0 Å². The molecule has 1 saturated carbocycles. The zero-order chi connectivity index (χ0) is 10.8. The maximum atomic E-state index is 11.8. The van der Waals surface area contributed by atoms with Gasteiger partial charge >= 0.3 is 5.97 Å². The monoisotopic (exact) mass is 199 g/mol. The average molecular weight is 199 g/mol. The summed E-state index contributed by atoms with van der Waals surface area (Å²) < 4.78 is 5.36. The predicted octanol–water partition coefficient (Wildman–Crippen LogP) is 1.70. The molecule has 0 aromatic rings. The van der Waals surface area contributed by atoms with E-state index < -0.39 is 0 Å². The van der Waals surface area contributed by atoms with E-state index in [9.17, 15) is 4.79 Å². The quantitative estimate of drug-likeness (QED) is 0.689. The van der Waals surface area contributed by atoms with Crippen LogP contribution in [0.2, 0.25) is 0 Å². The standard InChI is InChI=1S/C11H21NO2/c1-11(2,3)14-10(13)9-6-4-5-8(9)7-12/h8-9H,4-7,12H2,1-3H3/t8-,9-/m1/s1.